The minimum absolute atomic E-state index is 0.0416. The first-order valence-corrected chi connectivity index (χ1v) is 9.01. The Labute approximate surface area is 164 Å². The second-order valence-electron chi connectivity index (χ2n) is 6.95. The van der Waals surface area contributed by atoms with E-state index in [0.717, 1.165) is 22.0 Å². The quantitative estimate of drug-likeness (QED) is 0.678. The Bertz CT molecular complexity index is 1010. The van der Waals surface area contributed by atoms with E-state index in [1.54, 1.807) is 30.5 Å². The highest BCUT2D eigenvalue weighted by molar-refractivity contribution is 6.07. The minimum atomic E-state index is -4.50. The van der Waals surface area contributed by atoms with Crippen LogP contribution in [0.1, 0.15) is 40.0 Å². The van der Waals surface area contributed by atoms with Crippen molar-refractivity contribution in [1.29, 1.82) is 0 Å². The van der Waals surface area contributed by atoms with Crippen LogP contribution in [0.25, 0.3) is 0 Å². The second kappa shape index (κ2) is 7.23. The summed E-state index contributed by atoms with van der Waals surface area (Å²) in [5.74, 6) is -0.511. The predicted molar refractivity (Wildman–Crippen MR) is 102 cm³/mol. The first kappa shape index (κ1) is 19.0. The molecule has 1 aliphatic heterocycles. The number of nitrogens with zero attached hydrogens (tertiary/aromatic N) is 3. The number of hydrogen-bond donors (Lipinski definition) is 2. The number of benzene rings is 1. The average molecular weight is 401 g/mol. The van der Waals surface area contributed by atoms with Gasteiger partial charge in [-0.3, -0.25) is 9.78 Å². The van der Waals surface area contributed by atoms with E-state index in [2.05, 4.69) is 20.7 Å². The topological polar surface area (TPSA) is 71.8 Å². The SMILES string of the molecule is Cc1ccc([C@H]2C[C@@H](C(F)(F)F)n3ncc(C(=O)Nc4cccnc4)c3N2)cc1. The fourth-order valence-electron chi connectivity index (χ4n) is 3.38. The number of amides is 1. The van der Waals surface area contributed by atoms with Gasteiger partial charge in [0.2, 0.25) is 0 Å². The number of hydrogen-bond acceptors (Lipinski definition) is 4. The third kappa shape index (κ3) is 3.80. The van der Waals surface area contributed by atoms with Gasteiger partial charge in [0.15, 0.2) is 6.04 Å². The molecular weight excluding hydrogens is 383 g/mol. The molecule has 2 atom stereocenters. The van der Waals surface area contributed by atoms with Crippen LogP contribution in [0.4, 0.5) is 24.7 Å². The highest BCUT2D eigenvalue weighted by Crippen LogP contribution is 2.44. The third-order valence-corrected chi connectivity index (χ3v) is 4.88. The molecule has 0 saturated heterocycles. The lowest BCUT2D eigenvalue weighted by Gasteiger charge is -2.34. The summed E-state index contributed by atoms with van der Waals surface area (Å²) < 4.78 is 42.0. The van der Waals surface area contributed by atoms with Crippen LogP contribution in [-0.4, -0.2) is 26.8 Å². The number of carbonyl (C=O) groups excluding carboxylic acids is 1. The highest BCUT2D eigenvalue weighted by Gasteiger charge is 2.47. The molecule has 0 saturated carbocycles. The number of pyridine rings is 1. The van der Waals surface area contributed by atoms with Gasteiger partial charge in [-0.1, -0.05) is 29.8 Å². The van der Waals surface area contributed by atoms with E-state index in [4.69, 9.17) is 0 Å². The lowest BCUT2D eigenvalue weighted by Crippen LogP contribution is -2.36. The maximum Gasteiger partial charge on any atom is 0.410 e. The molecule has 2 N–H and O–H groups in total. The molecule has 4 rings (SSSR count). The maximum absolute atomic E-state index is 13.7. The van der Waals surface area contributed by atoms with Gasteiger partial charge < -0.3 is 10.6 Å². The molecule has 0 spiro atoms. The third-order valence-electron chi connectivity index (χ3n) is 4.88. The first-order valence-electron chi connectivity index (χ1n) is 9.01. The molecule has 1 aromatic carbocycles. The van der Waals surface area contributed by atoms with Gasteiger partial charge in [0.25, 0.3) is 5.91 Å². The van der Waals surface area contributed by atoms with Crippen LogP contribution >= 0.6 is 0 Å². The van der Waals surface area contributed by atoms with Crippen molar-refractivity contribution in [2.45, 2.75) is 31.6 Å². The molecule has 0 fully saturated rings. The van der Waals surface area contributed by atoms with Crippen LogP contribution in [0.15, 0.2) is 55.0 Å². The van der Waals surface area contributed by atoms with Gasteiger partial charge in [-0.25, -0.2) is 4.68 Å². The highest BCUT2D eigenvalue weighted by atomic mass is 19.4. The van der Waals surface area contributed by atoms with Crippen molar-refractivity contribution < 1.29 is 18.0 Å². The Balaban J connectivity index is 1.69. The van der Waals surface area contributed by atoms with Crippen LogP contribution in [0.3, 0.4) is 0 Å². The number of halogens is 3. The number of anilines is 2. The number of carbonyl (C=O) groups is 1. The standard InChI is InChI=1S/C20H18F3N5O/c1-12-4-6-13(7-5-12)16-9-17(20(21,22)23)28-18(27-16)15(11-25-28)19(29)26-14-3-2-8-24-10-14/h2-8,10-11,16-17,27H,9H2,1H3,(H,26,29)/t16-,17+/m1/s1. The Morgan fingerprint density at radius 1 is 1.21 bits per heavy atom. The summed E-state index contributed by atoms with van der Waals surface area (Å²) in [6.45, 7) is 1.91. The summed E-state index contributed by atoms with van der Waals surface area (Å²) in [5.41, 5.74) is 2.21. The monoisotopic (exact) mass is 401 g/mol. The largest absolute Gasteiger partial charge is 0.410 e. The van der Waals surface area contributed by atoms with Crippen LogP contribution in [-0.2, 0) is 0 Å². The molecule has 0 bridgehead atoms. The fraction of sp³-hybridized carbons (Fsp3) is 0.250. The molecule has 1 aliphatic rings. The number of aromatic nitrogens is 3. The smallest absolute Gasteiger partial charge is 0.363 e. The number of nitrogens with one attached hydrogen (secondary N) is 2. The zero-order valence-corrected chi connectivity index (χ0v) is 15.4. The van der Waals surface area contributed by atoms with Crippen LogP contribution in [0.2, 0.25) is 0 Å². The van der Waals surface area contributed by atoms with Crippen molar-refractivity contribution in [3.05, 3.63) is 71.7 Å². The van der Waals surface area contributed by atoms with Crippen LogP contribution in [0, 0.1) is 6.92 Å². The zero-order chi connectivity index (χ0) is 20.6. The van der Waals surface area contributed by atoms with E-state index in [1.165, 1.54) is 6.20 Å². The molecule has 2 aromatic heterocycles. The van der Waals surface area contributed by atoms with Crippen molar-refractivity contribution in [3.8, 4) is 0 Å². The lowest BCUT2D eigenvalue weighted by molar-refractivity contribution is -0.173. The molecule has 29 heavy (non-hydrogen) atoms. The molecule has 6 nitrogen and oxygen atoms in total. The number of rotatable bonds is 3. The van der Waals surface area contributed by atoms with Gasteiger partial charge in [-0.05, 0) is 24.6 Å². The van der Waals surface area contributed by atoms with Crippen molar-refractivity contribution >= 4 is 17.4 Å². The van der Waals surface area contributed by atoms with Crippen LogP contribution in [0.5, 0.6) is 0 Å². The van der Waals surface area contributed by atoms with Crippen LogP contribution < -0.4 is 10.6 Å². The summed E-state index contributed by atoms with van der Waals surface area (Å²) >= 11 is 0. The van der Waals surface area contributed by atoms with E-state index in [9.17, 15) is 18.0 Å². The number of fused-ring (bicyclic) bond motifs is 1. The molecule has 0 radical (unpaired) electrons. The fourth-order valence-corrected chi connectivity index (χ4v) is 3.38. The molecule has 9 heteroatoms. The Kier molecular flexibility index (Phi) is 4.73. The summed E-state index contributed by atoms with van der Waals surface area (Å²) in [5, 5.41) is 9.58. The number of aryl methyl sites for hydroxylation is 1. The zero-order valence-electron chi connectivity index (χ0n) is 15.4. The number of alkyl halides is 3. The molecule has 150 valence electrons. The van der Waals surface area contributed by atoms with Crippen molar-refractivity contribution in [2.75, 3.05) is 10.6 Å². The van der Waals surface area contributed by atoms with E-state index in [0.29, 0.717) is 5.69 Å². The summed E-state index contributed by atoms with van der Waals surface area (Å²) in [6, 6.07) is 8.14. The molecule has 3 aromatic rings. The Morgan fingerprint density at radius 2 is 1.97 bits per heavy atom. The first-order chi connectivity index (χ1) is 13.8. The summed E-state index contributed by atoms with van der Waals surface area (Å²) in [4.78, 5) is 16.6. The normalized spacial score (nSPS) is 18.6. The molecule has 0 unspecified atom stereocenters. The minimum Gasteiger partial charge on any atom is -0.363 e. The molecule has 1 amide bonds. The van der Waals surface area contributed by atoms with Gasteiger partial charge in [0, 0.05) is 12.6 Å². The van der Waals surface area contributed by atoms with E-state index in [-0.39, 0.29) is 17.8 Å². The summed E-state index contributed by atoms with van der Waals surface area (Å²) in [7, 11) is 0. The summed E-state index contributed by atoms with van der Waals surface area (Å²) in [6.07, 6.45) is -0.549. The van der Waals surface area contributed by atoms with E-state index in [1.807, 2.05) is 19.1 Å². The lowest BCUT2D eigenvalue weighted by atomic mass is 9.96. The van der Waals surface area contributed by atoms with Gasteiger partial charge in [0.05, 0.1) is 24.1 Å². The van der Waals surface area contributed by atoms with Gasteiger partial charge >= 0.3 is 6.18 Å². The predicted octanol–water partition coefficient (Wildman–Crippen LogP) is 4.50. The molecular formula is C20H18F3N5O. The average Bonchev–Trinajstić information content (AvgIpc) is 3.12. The van der Waals surface area contributed by atoms with Crippen molar-refractivity contribution in [2.24, 2.45) is 0 Å². The van der Waals surface area contributed by atoms with Gasteiger partial charge in [-0.15, -0.1) is 0 Å². The van der Waals surface area contributed by atoms with E-state index >= 15 is 0 Å². The van der Waals surface area contributed by atoms with Crippen molar-refractivity contribution in [3.63, 3.8) is 0 Å². The van der Waals surface area contributed by atoms with Gasteiger partial charge in [-0.2, -0.15) is 18.3 Å². The Hall–Kier alpha value is -3.36. The van der Waals surface area contributed by atoms with E-state index < -0.39 is 24.2 Å². The van der Waals surface area contributed by atoms with Crippen molar-refractivity contribution in [1.82, 2.24) is 14.8 Å². The molecule has 0 aliphatic carbocycles. The van der Waals surface area contributed by atoms with Gasteiger partial charge in [0.1, 0.15) is 11.4 Å². The maximum atomic E-state index is 13.7. The second-order valence-corrected chi connectivity index (χ2v) is 6.95. The molecule has 3 heterocycles. The Morgan fingerprint density at radius 3 is 2.62 bits per heavy atom.